The molecule has 1 radical (unpaired) electrons. The van der Waals surface area contributed by atoms with Gasteiger partial charge in [0.2, 0.25) is 0 Å². The van der Waals surface area contributed by atoms with Crippen molar-refractivity contribution in [2.24, 2.45) is 0 Å². The summed E-state index contributed by atoms with van der Waals surface area (Å²) >= 11 is 0. The van der Waals surface area contributed by atoms with Gasteiger partial charge < -0.3 is 0 Å². The first-order chi connectivity index (χ1) is 9.92. The van der Waals surface area contributed by atoms with Crippen LogP contribution in [0.1, 0.15) is 0 Å². The molecule has 0 heterocycles. The van der Waals surface area contributed by atoms with Gasteiger partial charge in [-0.3, -0.25) is 0 Å². The topological polar surface area (TPSA) is 0 Å². The highest BCUT2D eigenvalue weighted by atomic mass is 14.1. The highest BCUT2D eigenvalue weighted by molar-refractivity contribution is 6.08. The summed E-state index contributed by atoms with van der Waals surface area (Å²) in [5, 5.41) is 5.01. The van der Waals surface area contributed by atoms with E-state index >= 15 is 0 Å². The first kappa shape index (κ1) is 11.2. The first-order valence-electron chi connectivity index (χ1n) is 6.80. The molecule has 0 bridgehead atoms. The van der Waals surface area contributed by atoms with Crippen molar-refractivity contribution < 1.29 is 0 Å². The minimum absolute atomic E-state index is 1.17. The Morgan fingerprint density at radius 3 is 2.40 bits per heavy atom. The maximum Gasteiger partial charge on any atom is -0.00987 e. The Morgan fingerprint density at radius 2 is 1.50 bits per heavy atom. The highest BCUT2D eigenvalue weighted by Crippen LogP contribution is 2.29. The van der Waals surface area contributed by atoms with E-state index < -0.39 is 0 Å². The lowest BCUT2D eigenvalue weighted by molar-refractivity contribution is 1.65. The maximum atomic E-state index is 3.29. The van der Waals surface area contributed by atoms with Crippen LogP contribution in [0.15, 0.2) is 78.9 Å². The molecule has 4 rings (SSSR count). The number of hydrogen-bond donors (Lipinski definition) is 0. The second-order valence-electron chi connectivity index (χ2n) is 5.00. The van der Waals surface area contributed by atoms with Gasteiger partial charge in [-0.2, -0.15) is 0 Å². The second-order valence-corrected chi connectivity index (χ2v) is 5.00. The number of benzene rings is 4. The minimum atomic E-state index is 1.17. The van der Waals surface area contributed by atoms with Crippen molar-refractivity contribution in [1.82, 2.24) is 0 Å². The predicted molar refractivity (Wildman–Crippen MR) is 85.7 cm³/mol. The Kier molecular flexibility index (Phi) is 2.53. The van der Waals surface area contributed by atoms with Crippen LogP contribution in [-0.2, 0) is 0 Å². The lowest BCUT2D eigenvalue weighted by Crippen LogP contribution is -1.81. The van der Waals surface area contributed by atoms with Gasteiger partial charge >= 0.3 is 0 Å². The fraction of sp³-hybridized carbons (Fsp3) is 0. The van der Waals surface area contributed by atoms with Crippen LogP contribution in [0.3, 0.4) is 0 Å². The Balaban J connectivity index is 1.99. The zero-order valence-corrected chi connectivity index (χ0v) is 11.0. The number of rotatable bonds is 1. The Labute approximate surface area is 118 Å². The molecule has 0 saturated heterocycles. The van der Waals surface area contributed by atoms with Crippen molar-refractivity contribution in [3.63, 3.8) is 0 Å². The fourth-order valence-corrected chi connectivity index (χ4v) is 2.75. The van der Waals surface area contributed by atoms with Gasteiger partial charge in [0, 0.05) is 0 Å². The van der Waals surface area contributed by atoms with Gasteiger partial charge in [0.1, 0.15) is 0 Å². The van der Waals surface area contributed by atoms with Crippen molar-refractivity contribution in [3.8, 4) is 11.1 Å². The number of fused-ring (bicyclic) bond motifs is 3. The molecule has 0 N–H and O–H groups in total. The molecule has 0 spiro atoms. The first-order valence-corrected chi connectivity index (χ1v) is 6.80. The standard InChI is InChI=1S/C20H13/c1-2-6-15(7-3-1)17-12-13-20-18(14-17)11-10-16-8-4-5-9-19(16)20/h1-7,9-14H. The van der Waals surface area contributed by atoms with E-state index in [0.717, 1.165) is 0 Å². The minimum Gasteiger partial charge on any atom is -0.0622 e. The molecule has 0 saturated carbocycles. The Hall–Kier alpha value is -2.60. The zero-order chi connectivity index (χ0) is 13.4. The molecule has 0 nitrogen and oxygen atoms in total. The van der Waals surface area contributed by atoms with Crippen molar-refractivity contribution in [1.29, 1.82) is 0 Å². The van der Waals surface area contributed by atoms with E-state index in [9.17, 15) is 0 Å². The van der Waals surface area contributed by atoms with Gasteiger partial charge in [-0.1, -0.05) is 72.8 Å². The van der Waals surface area contributed by atoms with Gasteiger partial charge in [0.05, 0.1) is 0 Å². The summed E-state index contributed by atoms with van der Waals surface area (Å²) in [6.45, 7) is 0. The quantitative estimate of drug-likeness (QED) is 0.395. The average Bonchev–Trinajstić information content (AvgIpc) is 2.55. The summed E-state index contributed by atoms with van der Waals surface area (Å²) in [7, 11) is 0. The van der Waals surface area contributed by atoms with Crippen LogP contribution >= 0.6 is 0 Å². The van der Waals surface area contributed by atoms with Crippen molar-refractivity contribution in [2.75, 3.05) is 0 Å². The van der Waals surface area contributed by atoms with Gasteiger partial charge in [0.25, 0.3) is 0 Å². The van der Waals surface area contributed by atoms with E-state index in [1.165, 1.54) is 32.7 Å². The van der Waals surface area contributed by atoms with Crippen LogP contribution in [0, 0.1) is 6.07 Å². The third-order valence-corrected chi connectivity index (χ3v) is 3.77. The molecule has 20 heavy (non-hydrogen) atoms. The van der Waals surface area contributed by atoms with E-state index in [0.29, 0.717) is 0 Å². The summed E-state index contributed by atoms with van der Waals surface area (Å²) < 4.78 is 0. The van der Waals surface area contributed by atoms with Gasteiger partial charge in [-0.05, 0) is 44.8 Å². The molecule has 0 unspecified atom stereocenters. The molecule has 0 heteroatoms. The fourth-order valence-electron chi connectivity index (χ4n) is 2.75. The summed E-state index contributed by atoms with van der Waals surface area (Å²) in [5.41, 5.74) is 2.52. The smallest absolute Gasteiger partial charge is 0.00987 e. The van der Waals surface area contributed by atoms with Gasteiger partial charge in [-0.15, -0.1) is 0 Å². The molecule has 0 aliphatic rings. The van der Waals surface area contributed by atoms with Crippen LogP contribution in [0.2, 0.25) is 0 Å². The third kappa shape index (κ3) is 1.78. The summed E-state index contributed by atoms with van der Waals surface area (Å²) in [6, 6.07) is 31.0. The molecule has 0 aliphatic carbocycles. The van der Waals surface area contributed by atoms with E-state index in [1.54, 1.807) is 0 Å². The summed E-state index contributed by atoms with van der Waals surface area (Å²) in [5.74, 6) is 0. The molecule has 0 atom stereocenters. The molecule has 0 aliphatic heterocycles. The van der Waals surface area contributed by atoms with Crippen molar-refractivity contribution in [2.45, 2.75) is 0 Å². The lowest BCUT2D eigenvalue weighted by Gasteiger charge is -2.07. The molecular formula is C20H13. The molecule has 4 aromatic carbocycles. The SMILES string of the molecule is [c]1cccc2c1ccc1cc(-c3ccccc3)ccc12. The van der Waals surface area contributed by atoms with Crippen LogP contribution in [0.5, 0.6) is 0 Å². The lowest BCUT2D eigenvalue weighted by atomic mass is 9.97. The second kappa shape index (κ2) is 4.50. The van der Waals surface area contributed by atoms with Gasteiger partial charge in [0.15, 0.2) is 0 Å². The summed E-state index contributed by atoms with van der Waals surface area (Å²) in [6.07, 6.45) is 0. The largest absolute Gasteiger partial charge is 0.0622 e. The van der Waals surface area contributed by atoms with E-state index in [4.69, 9.17) is 0 Å². The maximum absolute atomic E-state index is 3.29. The average molecular weight is 253 g/mol. The number of hydrogen-bond acceptors (Lipinski definition) is 0. The van der Waals surface area contributed by atoms with E-state index in [2.05, 4.69) is 66.7 Å². The Morgan fingerprint density at radius 1 is 0.600 bits per heavy atom. The molecule has 93 valence electrons. The predicted octanol–water partition coefficient (Wildman–Crippen LogP) is 5.46. The van der Waals surface area contributed by atoms with Crippen molar-refractivity contribution >= 4 is 21.5 Å². The highest BCUT2D eigenvalue weighted by Gasteiger charge is 2.02. The van der Waals surface area contributed by atoms with Gasteiger partial charge in [-0.25, -0.2) is 0 Å². The van der Waals surface area contributed by atoms with Crippen LogP contribution in [-0.4, -0.2) is 0 Å². The third-order valence-electron chi connectivity index (χ3n) is 3.77. The monoisotopic (exact) mass is 253 g/mol. The molecule has 0 amide bonds. The van der Waals surface area contributed by atoms with Crippen LogP contribution < -0.4 is 0 Å². The zero-order valence-electron chi connectivity index (χ0n) is 11.0. The van der Waals surface area contributed by atoms with Crippen LogP contribution in [0.25, 0.3) is 32.7 Å². The Bertz CT molecular complexity index is 889. The van der Waals surface area contributed by atoms with E-state index in [1.807, 2.05) is 18.2 Å². The molecule has 0 aromatic heterocycles. The normalized spacial score (nSPS) is 11.0. The van der Waals surface area contributed by atoms with E-state index in [-0.39, 0.29) is 0 Å². The molecule has 4 aromatic rings. The summed E-state index contributed by atoms with van der Waals surface area (Å²) in [4.78, 5) is 0. The molecular weight excluding hydrogens is 240 g/mol. The molecule has 0 fully saturated rings. The van der Waals surface area contributed by atoms with Crippen LogP contribution in [0.4, 0.5) is 0 Å². The van der Waals surface area contributed by atoms with Crippen molar-refractivity contribution in [3.05, 3.63) is 84.9 Å².